The van der Waals surface area contributed by atoms with Gasteiger partial charge in [0, 0.05) is 30.5 Å². The first kappa shape index (κ1) is 41.4. The molecule has 3 rings (SSSR count). The summed E-state index contributed by atoms with van der Waals surface area (Å²) in [4.78, 5) is 103. The minimum atomic E-state index is -1.39. The molecule has 3 amide bonds. The van der Waals surface area contributed by atoms with Crippen LogP contribution < -0.4 is 32.4 Å². The van der Waals surface area contributed by atoms with Gasteiger partial charge in [-0.3, -0.25) is 38.3 Å². The summed E-state index contributed by atoms with van der Waals surface area (Å²) in [6.45, 7) is 4.02. The number of carbonyl (C=O) groups excluding carboxylic acids is 5. The van der Waals surface area contributed by atoms with Gasteiger partial charge in [-0.05, 0) is 55.4 Å². The summed E-state index contributed by atoms with van der Waals surface area (Å²) >= 11 is 0. The summed E-state index contributed by atoms with van der Waals surface area (Å²) in [6.07, 6.45) is 0.606. The van der Waals surface area contributed by atoms with Gasteiger partial charge in [0.25, 0.3) is 5.56 Å². The van der Waals surface area contributed by atoms with Crippen molar-refractivity contribution in [1.29, 1.82) is 0 Å². The average Bonchev–Trinajstić information content (AvgIpc) is 3.10. The Morgan fingerprint density at radius 3 is 2.23 bits per heavy atom. The molecule has 284 valence electrons. The second kappa shape index (κ2) is 20.1. The van der Waals surface area contributed by atoms with Crippen molar-refractivity contribution < 1.29 is 43.3 Å². The van der Waals surface area contributed by atoms with E-state index in [9.17, 15) is 38.4 Å². The minimum absolute atomic E-state index is 0.0223. The number of carboxylic acid groups (broad SMARTS) is 1. The number of hydrogen-bond donors (Lipinski definition) is 5. The van der Waals surface area contributed by atoms with Crippen LogP contribution in [0.3, 0.4) is 0 Å². The lowest BCUT2D eigenvalue weighted by Gasteiger charge is -2.24. The molecule has 0 radical (unpaired) electrons. The molecule has 53 heavy (non-hydrogen) atoms. The number of aromatic nitrogens is 2. The van der Waals surface area contributed by atoms with Gasteiger partial charge in [0.2, 0.25) is 17.7 Å². The Kier molecular flexibility index (Phi) is 15.7. The molecule has 16 heteroatoms. The Labute approximate surface area is 305 Å². The van der Waals surface area contributed by atoms with Crippen LogP contribution in [-0.4, -0.2) is 68.8 Å². The van der Waals surface area contributed by atoms with Gasteiger partial charge >= 0.3 is 17.6 Å². The van der Waals surface area contributed by atoms with Crippen LogP contribution in [0.4, 0.5) is 0 Å². The summed E-state index contributed by atoms with van der Waals surface area (Å²) < 4.78 is 11.5. The summed E-state index contributed by atoms with van der Waals surface area (Å²) in [5.41, 5.74) is 5.59. The number of Topliss-reactive ketones (excluding diaryl/α,β-unsaturated/α-hetero) is 1. The number of aliphatic carboxylic acids is 1. The Hall–Kier alpha value is -6.06. The molecule has 0 bridgehead atoms. The highest BCUT2D eigenvalue weighted by Gasteiger charge is 2.30. The van der Waals surface area contributed by atoms with Crippen LogP contribution in [0.15, 0.2) is 70.4 Å². The van der Waals surface area contributed by atoms with Crippen molar-refractivity contribution in [2.45, 2.75) is 78.1 Å². The molecule has 1 heterocycles. The highest BCUT2D eigenvalue weighted by Crippen LogP contribution is 2.19. The third-order valence-corrected chi connectivity index (χ3v) is 8.07. The fraction of sp³-hybridized carbons (Fsp3) is 0.405. The SMILES string of the molecule is Cc1cn(CC(=O)N[C@@H](CCC(=O)OCc2ccccc2)C(=O)N[C@@H](Cc2ccc(OCC(=O)O)cc2)C(=O)C[C@@H](CC(C)C)C(N)=O)c(=O)[nH]c1=O. The van der Waals surface area contributed by atoms with E-state index in [2.05, 4.69) is 15.6 Å². The molecule has 1 aromatic heterocycles. The van der Waals surface area contributed by atoms with Crippen molar-refractivity contribution in [2.24, 2.45) is 17.6 Å². The third-order valence-electron chi connectivity index (χ3n) is 8.07. The summed E-state index contributed by atoms with van der Waals surface area (Å²) in [5.74, 6) is -5.19. The molecule has 0 aliphatic rings. The number of ketones is 1. The summed E-state index contributed by atoms with van der Waals surface area (Å²) in [6, 6.07) is 12.4. The van der Waals surface area contributed by atoms with E-state index in [0.717, 1.165) is 10.1 Å². The second-order valence-electron chi connectivity index (χ2n) is 13.0. The number of aryl methyl sites for hydroxylation is 1. The number of ether oxygens (including phenoxy) is 2. The van der Waals surface area contributed by atoms with E-state index in [4.69, 9.17) is 20.3 Å². The maximum Gasteiger partial charge on any atom is 0.341 e. The number of H-pyrrole nitrogens is 1. The van der Waals surface area contributed by atoms with Gasteiger partial charge in [-0.15, -0.1) is 0 Å². The fourth-order valence-corrected chi connectivity index (χ4v) is 5.35. The molecule has 16 nitrogen and oxygen atoms in total. The standard InChI is InChI=1S/C37H45N5O11/c1-22(2)15-26(34(38)48)17-30(43)29(16-24-9-11-27(12-10-24)52-21-32(45)46)40-36(50)28(13-14-33(47)53-20-25-7-5-4-6-8-25)39-31(44)19-42-18-23(3)35(49)41-37(42)51/h4-12,18,22,26,28-29H,13-17,19-21H2,1-3H3,(H2,38,48)(H,39,44)(H,40,50)(H,45,46)(H,41,49,51)/t26-,28+,29+/m1/s1. The summed E-state index contributed by atoms with van der Waals surface area (Å²) in [5, 5.41) is 14.1. The number of rotatable bonds is 21. The van der Waals surface area contributed by atoms with E-state index < -0.39 is 77.8 Å². The van der Waals surface area contributed by atoms with Crippen LogP contribution in [0.5, 0.6) is 5.75 Å². The van der Waals surface area contributed by atoms with Gasteiger partial charge in [-0.25, -0.2) is 9.59 Å². The average molecular weight is 736 g/mol. The zero-order valence-electron chi connectivity index (χ0n) is 29.8. The molecule has 0 saturated heterocycles. The van der Waals surface area contributed by atoms with Gasteiger partial charge in [0.1, 0.15) is 24.9 Å². The lowest BCUT2D eigenvalue weighted by Crippen LogP contribution is -2.53. The third kappa shape index (κ3) is 14.2. The number of primary amides is 1. The zero-order valence-corrected chi connectivity index (χ0v) is 29.8. The van der Waals surface area contributed by atoms with Crippen LogP contribution in [0.1, 0.15) is 56.2 Å². The number of nitrogens with two attached hydrogens (primary N) is 1. The highest BCUT2D eigenvalue weighted by atomic mass is 16.5. The van der Waals surface area contributed by atoms with Gasteiger partial charge in [-0.1, -0.05) is 56.3 Å². The van der Waals surface area contributed by atoms with Crippen molar-refractivity contribution in [3.63, 3.8) is 0 Å². The number of carbonyl (C=O) groups is 6. The Morgan fingerprint density at radius 1 is 0.925 bits per heavy atom. The number of esters is 1. The lowest BCUT2D eigenvalue weighted by molar-refractivity contribution is -0.145. The van der Waals surface area contributed by atoms with E-state index in [1.807, 2.05) is 19.9 Å². The molecule has 3 aromatic rings. The lowest BCUT2D eigenvalue weighted by atomic mass is 9.88. The largest absolute Gasteiger partial charge is 0.482 e. The maximum atomic E-state index is 13.9. The number of benzene rings is 2. The van der Waals surface area contributed by atoms with Crippen LogP contribution in [0.25, 0.3) is 0 Å². The second-order valence-corrected chi connectivity index (χ2v) is 13.0. The van der Waals surface area contributed by atoms with Crippen molar-refractivity contribution in [3.05, 3.63) is 98.3 Å². The van der Waals surface area contributed by atoms with E-state index >= 15 is 0 Å². The number of nitrogens with zero attached hydrogens (tertiary/aromatic N) is 1. The number of amides is 3. The van der Waals surface area contributed by atoms with E-state index in [1.54, 1.807) is 36.4 Å². The van der Waals surface area contributed by atoms with Crippen LogP contribution in [0.2, 0.25) is 0 Å². The van der Waals surface area contributed by atoms with Crippen molar-refractivity contribution in [1.82, 2.24) is 20.2 Å². The topological polar surface area (TPSA) is 246 Å². The van der Waals surface area contributed by atoms with E-state index in [-0.39, 0.29) is 49.5 Å². The van der Waals surface area contributed by atoms with E-state index in [0.29, 0.717) is 12.0 Å². The Morgan fingerprint density at radius 2 is 1.60 bits per heavy atom. The molecule has 0 aliphatic carbocycles. The number of aromatic amines is 1. The van der Waals surface area contributed by atoms with Crippen molar-refractivity contribution >= 4 is 35.4 Å². The molecule has 0 saturated carbocycles. The molecular weight excluding hydrogens is 690 g/mol. The van der Waals surface area contributed by atoms with Crippen LogP contribution in [-0.2, 0) is 53.1 Å². The van der Waals surface area contributed by atoms with Crippen LogP contribution in [0, 0.1) is 18.8 Å². The smallest absolute Gasteiger partial charge is 0.341 e. The van der Waals surface area contributed by atoms with Gasteiger partial charge in [-0.2, -0.15) is 0 Å². The first-order valence-corrected chi connectivity index (χ1v) is 17.0. The van der Waals surface area contributed by atoms with Gasteiger partial charge in [0.05, 0.1) is 6.04 Å². The highest BCUT2D eigenvalue weighted by molar-refractivity contribution is 5.94. The molecule has 3 atom stereocenters. The van der Waals surface area contributed by atoms with E-state index in [1.165, 1.54) is 25.3 Å². The van der Waals surface area contributed by atoms with Gasteiger partial charge in [0.15, 0.2) is 12.4 Å². The zero-order chi connectivity index (χ0) is 39.1. The van der Waals surface area contributed by atoms with Crippen LogP contribution >= 0.6 is 0 Å². The van der Waals surface area contributed by atoms with Crippen molar-refractivity contribution in [3.8, 4) is 5.75 Å². The first-order chi connectivity index (χ1) is 25.1. The molecule has 2 aromatic carbocycles. The number of hydrogen-bond acceptors (Lipinski definition) is 10. The molecular formula is C37H45N5O11. The quantitative estimate of drug-likeness (QED) is 0.0972. The molecule has 0 aliphatic heterocycles. The Bertz CT molecular complexity index is 1870. The van der Waals surface area contributed by atoms with Gasteiger partial charge < -0.3 is 30.9 Å². The fourth-order valence-electron chi connectivity index (χ4n) is 5.35. The normalized spacial score (nSPS) is 12.6. The predicted octanol–water partition coefficient (Wildman–Crippen LogP) is 1.15. The monoisotopic (exact) mass is 735 g/mol. The molecule has 0 fully saturated rings. The number of nitrogens with one attached hydrogen (secondary N) is 3. The molecule has 6 N–H and O–H groups in total. The summed E-state index contributed by atoms with van der Waals surface area (Å²) in [7, 11) is 0. The van der Waals surface area contributed by atoms with Crippen molar-refractivity contribution in [2.75, 3.05) is 6.61 Å². The number of carboxylic acids is 1. The molecule has 0 spiro atoms. The molecule has 0 unspecified atom stereocenters. The predicted molar refractivity (Wildman–Crippen MR) is 190 cm³/mol. The first-order valence-electron chi connectivity index (χ1n) is 17.0. The minimum Gasteiger partial charge on any atom is -0.482 e. The maximum absolute atomic E-state index is 13.9. The Balaban J connectivity index is 1.86.